The van der Waals surface area contributed by atoms with Gasteiger partial charge in [-0.05, 0) is 44.5 Å². The van der Waals surface area contributed by atoms with Gasteiger partial charge in [-0.2, -0.15) is 0 Å². The van der Waals surface area contributed by atoms with Gasteiger partial charge in [-0.3, -0.25) is 9.59 Å². The van der Waals surface area contributed by atoms with E-state index in [4.69, 9.17) is 13.9 Å². The van der Waals surface area contributed by atoms with Crippen molar-refractivity contribution in [2.75, 3.05) is 6.61 Å². The molecule has 1 aromatic carbocycles. The topological polar surface area (TPSA) is 82.1 Å². The normalized spacial score (nSPS) is 16.6. The summed E-state index contributed by atoms with van der Waals surface area (Å²) in [4.78, 5) is 26.2. The fraction of sp³-hybridized carbons (Fsp3) is 0.733. The molecule has 0 fully saturated rings. The van der Waals surface area contributed by atoms with Crippen molar-refractivity contribution >= 4 is 20.1 Å². The quantitative estimate of drug-likeness (QED) is 0.227. The van der Waals surface area contributed by atoms with Crippen LogP contribution < -0.4 is 0 Å². The first-order chi connectivity index (χ1) is 16.7. The van der Waals surface area contributed by atoms with Crippen molar-refractivity contribution in [3.05, 3.63) is 35.9 Å². The average Bonchev–Trinajstić information content (AvgIpc) is 2.74. The number of esters is 1. The molecule has 0 aliphatic carbocycles. The first-order valence-electron chi connectivity index (χ1n) is 13.4. The van der Waals surface area contributed by atoms with E-state index in [0.29, 0.717) is 13.2 Å². The number of carbonyl (C=O) groups is 2. The maximum atomic E-state index is 13.8. The maximum absolute atomic E-state index is 13.8. The Morgan fingerprint density at radius 3 is 1.97 bits per heavy atom. The molecule has 1 rings (SSSR count). The standard InChI is InChI=1S/C30H52O6Si/c1-21(19-34-20-23-16-14-13-15-17-23)26(36-37(11,12)29(6,7)8)22(2)27(33)30(9,10)24(31)18-25(32)35-28(3,4)5/h13-17,21-22,24,26,31H,18-20H2,1-12H3/t21-,22?,24-,26-/m0/s1. The SMILES string of the molecule is CC(C(=O)C(C)(C)[C@@H](O)CC(=O)OC(C)(C)C)[C@@H](O[Si](C)(C)C(C)(C)C)[C@@H](C)COCc1ccccc1. The third-order valence-corrected chi connectivity index (χ3v) is 11.9. The Balaban J connectivity index is 3.09. The van der Waals surface area contributed by atoms with E-state index >= 15 is 0 Å². The van der Waals surface area contributed by atoms with Gasteiger partial charge in [0.2, 0.25) is 0 Å². The highest BCUT2D eigenvalue weighted by Crippen LogP contribution is 2.40. The van der Waals surface area contributed by atoms with E-state index in [1.165, 1.54) is 0 Å². The highest BCUT2D eigenvalue weighted by Gasteiger charge is 2.46. The predicted molar refractivity (Wildman–Crippen MR) is 152 cm³/mol. The van der Waals surface area contributed by atoms with Crippen LogP contribution in [0.15, 0.2) is 30.3 Å². The molecule has 6 nitrogen and oxygen atoms in total. The Hall–Kier alpha value is -1.54. The van der Waals surface area contributed by atoms with Crippen molar-refractivity contribution < 1.29 is 28.6 Å². The molecule has 0 radical (unpaired) electrons. The Kier molecular flexibility index (Phi) is 11.8. The van der Waals surface area contributed by atoms with Crippen LogP contribution in [0.5, 0.6) is 0 Å². The number of carbonyl (C=O) groups excluding carboxylic acids is 2. The molecule has 1 unspecified atom stereocenters. The van der Waals surface area contributed by atoms with Crippen LogP contribution in [0.1, 0.15) is 81.2 Å². The molecular weight excluding hydrogens is 484 g/mol. The summed E-state index contributed by atoms with van der Waals surface area (Å²) >= 11 is 0. The molecule has 0 aliphatic rings. The third kappa shape index (κ3) is 10.3. The first kappa shape index (κ1) is 33.5. The van der Waals surface area contributed by atoms with E-state index in [0.717, 1.165) is 5.56 Å². The maximum Gasteiger partial charge on any atom is 0.308 e. The Labute approximate surface area is 226 Å². The Morgan fingerprint density at radius 1 is 0.946 bits per heavy atom. The monoisotopic (exact) mass is 536 g/mol. The van der Waals surface area contributed by atoms with Crippen molar-refractivity contribution in [3.8, 4) is 0 Å². The highest BCUT2D eigenvalue weighted by molar-refractivity contribution is 6.74. The summed E-state index contributed by atoms with van der Waals surface area (Å²) in [7, 11) is -2.23. The lowest BCUT2D eigenvalue weighted by atomic mass is 9.73. The second-order valence-corrected chi connectivity index (χ2v) is 18.3. The molecule has 0 heterocycles. The molecule has 0 saturated carbocycles. The predicted octanol–water partition coefficient (Wildman–Crippen LogP) is 6.55. The van der Waals surface area contributed by atoms with Gasteiger partial charge < -0.3 is 19.0 Å². The van der Waals surface area contributed by atoms with Gasteiger partial charge in [0.25, 0.3) is 0 Å². The molecule has 37 heavy (non-hydrogen) atoms. The van der Waals surface area contributed by atoms with Crippen molar-refractivity contribution in [3.63, 3.8) is 0 Å². The summed E-state index contributed by atoms with van der Waals surface area (Å²) in [5.74, 6) is -1.23. The average molecular weight is 537 g/mol. The second kappa shape index (κ2) is 13.0. The Morgan fingerprint density at radius 2 is 1.49 bits per heavy atom. The molecule has 0 bridgehead atoms. The number of rotatable bonds is 13. The molecular formula is C30H52O6Si. The van der Waals surface area contributed by atoms with Crippen LogP contribution in [-0.4, -0.2) is 49.6 Å². The van der Waals surface area contributed by atoms with Gasteiger partial charge in [-0.25, -0.2) is 0 Å². The zero-order chi connectivity index (χ0) is 28.8. The lowest BCUT2D eigenvalue weighted by Crippen LogP contribution is -2.52. The van der Waals surface area contributed by atoms with Crippen LogP contribution in [0.3, 0.4) is 0 Å². The van der Waals surface area contributed by atoms with Gasteiger partial charge in [0.05, 0.1) is 37.3 Å². The number of ketones is 1. The fourth-order valence-corrected chi connectivity index (χ4v) is 5.43. The van der Waals surface area contributed by atoms with Gasteiger partial charge in [0.1, 0.15) is 11.4 Å². The number of hydrogen-bond acceptors (Lipinski definition) is 6. The van der Waals surface area contributed by atoms with Crippen LogP contribution in [0.4, 0.5) is 0 Å². The molecule has 0 spiro atoms. The van der Waals surface area contributed by atoms with E-state index in [9.17, 15) is 14.7 Å². The number of ether oxygens (including phenoxy) is 2. The number of aliphatic hydroxyl groups is 1. The zero-order valence-corrected chi connectivity index (χ0v) is 26.3. The van der Waals surface area contributed by atoms with Gasteiger partial charge in [-0.1, -0.05) is 78.8 Å². The van der Waals surface area contributed by atoms with Crippen molar-refractivity contribution in [2.24, 2.45) is 17.3 Å². The minimum Gasteiger partial charge on any atom is -0.460 e. The van der Waals surface area contributed by atoms with Crippen LogP contribution in [0.25, 0.3) is 0 Å². The van der Waals surface area contributed by atoms with Gasteiger partial charge in [0.15, 0.2) is 8.32 Å². The molecule has 212 valence electrons. The molecule has 1 N–H and O–H groups in total. The summed E-state index contributed by atoms with van der Waals surface area (Å²) < 4.78 is 18.2. The second-order valence-electron chi connectivity index (χ2n) is 13.5. The first-order valence-corrected chi connectivity index (χ1v) is 16.3. The summed E-state index contributed by atoms with van der Waals surface area (Å²) in [5.41, 5.74) is -0.724. The zero-order valence-electron chi connectivity index (χ0n) is 25.3. The summed E-state index contributed by atoms with van der Waals surface area (Å²) in [5, 5.41) is 10.9. The minimum atomic E-state index is -2.23. The van der Waals surface area contributed by atoms with Crippen molar-refractivity contribution in [1.82, 2.24) is 0 Å². The van der Waals surface area contributed by atoms with Crippen LogP contribution in [0.2, 0.25) is 18.1 Å². The van der Waals surface area contributed by atoms with E-state index in [2.05, 4.69) is 40.8 Å². The largest absolute Gasteiger partial charge is 0.460 e. The van der Waals surface area contributed by atoms with Gasteiger partial charge >= 0.3 is 5.97 Å². The number of Topliss-reactive ketones (excluding diaryl/α,β-unsaturated/α-hetero) is 1. The third-order valence-electron chi connectivity index (χ3n) is 7.44. The number of benzene rings is 1. The summed E-state index contributed by atoms with van der Waals surface area (Å²) in [6.45, 7) is 24.4. The van der Waals surface area contributed by atoms with E-state index < -0.39 is 43.4 Å². The smallest absolute Gasteiger partial charge is 0.308 e. The fourth-order valence-electron chi connectivity index (χ4n) is 3.96. The van der Waals surface area contributed by atoms with Gasteiger partial charge in [0, 0.05) is 11.8 Å². The summed E-state index contributed by atoms with van der Waals surface area (Å²) in [6, 6.07) is 9.99. The van der Waals surface area contributed by atoms with Crippen LogP contribution in [0, 0.1) is 17.3 Å². The van der Waals surface area contributed by atoms with Gasteiger partial charge in [-0.15, -0.1) is 0 Å². The van der Waals surface area contributed by atoms with E-state index in [1.54, 1.807) is 34.6 Å². The van der Waals surface area contributed by atoms with Crippen molar-refractivity contribution in [1.29, 1.82) is 0 Å². The van der Waals surface area contributed by atoms with Crippen molar-refractivity contribution in [2.45, 2.75) is 118 Å². The molecule has 1 aromatic rings. The lowest BCUT2D eigenvalue weighted by molar-refractivity contribution is -0.160. The molecule has 0 amide bonds. The number of hydrogen-bond donors (Lipinski definition) is 1. The lowest BCUT2D eigenvalue weighted by Gasteiger charge is -2.44. The Bertz CT molecular complexity index is 866. The number of aliphatic hydroxyl groups excluding tert-OH is 1. The van der Waals surface area contributed by atoms with Crippen LogP contribution >= 0.6 is 0 Å². The highest BCUT2D eigenvalue weighted by atomic mass is 28.4. The molecule has 0 aromatic heterocycles. The molecule has 0 saturated heterocycles. The molecule has 7 heteroatoms. The van der Waals surface area contributed by atoms with E-state index in [1.807, 2.05) is 37.3 Å². The van der Waals surface area contributed by atoms with Crippen LogP contribution in [-0.2, 0) is 30.1 Å². The minimum absolute atomic E-state index is 0.0373. The molecule has 0 aliphatic heterocycles. The van der Waals surface area contributed by atoms with E-state index in [-0.39, 0.29) is 23.2 Å². The molecule has 4 atom stereocenters. The summed E-state index contributed by atoms with van der Waals surface area (Å²) in [6.07, 6.45) is -1.81.